The normalized spacial score (nSPS) is 12.7. The lowest BCUT2D eigenvalue weighted by molar-refractivity contribution is 0.256. The third-order valence-electron chi connectivity index (χ3n) is 5.83. The molecule has 4 aromatic rings. The van der Waals surface area contributed by atoms with Crippen molar-refractivity contribution in [3.8, 4) is 23.1 Å². The molecule has 1 aliphatic heterocycles. The number of carbonyl (C=O) groups excluding carboxylic acids is 1. The number of nitrogens with one attached hydrogen (secondary N) is 1. The molecule has 2 amide bonds. The maximum absolute atomic E-state index is 13.0. The summed E-state index contributed by atoms with van der Waals surface area (Å²) in [5, 5.41) is 4.25. The molecule has 2 heterocycles. The predicted octanol–water partition coefficient (Wildman–Crippen LogP) is 6.08. The number of hydrogen-bond donors (Lipinski definition) is 1. The van der Waals surface area contributed by atoms with Gasteiger partial charge in [-0.2, -0.15) is 0 Å². The van der Waals surface area contributed by atoms with Gasteiger partial charge in [-0.3, -0.25) is 4.90 Å². The Kier molecular flexibility index (Phi) is 6.29. The molecule has 0 radical (unpaired) electrons. The first-order chi connectivity index (χ1) is 17.1. The van der Waals surface area contributed by atoms with Gasteiger partial charge in [0.15, 0.2) is 11.5 Å². The molecule has 1 aromatic heterocycles. The van der Waals surface area contributed by atoms with Crippen molar-refractivity contribution in [3.05, 3.63) is 71.5 Å². The molecule has 0 saturated carbocycles. The highest BCUT2D eigenvalue weighted by Crippen LogP contribution is 2.37. The highest BCUT2D eigenvalue weighted by molar-refractivity contribution is 6.30. The van der Waals surface area contributed by atoms with Crippen LogP contribution in [0, 0.1) is 0 Å². The highest BCUT2D eigenvalue weighted by Gasteiger charge is 2.23. The summed E-state index contributed by atoms with van der Waals surface area (Å²) < 4.78 is 16.9. The van der Waals surface area contributed by atoms with Crippen LogP contribution in [0.1, 0.15) is 12.0 Å². The summed E-state index contributed by atoms with van der Waals surface area (Å²) in [6.45, 7) is 0.630. The Bertz CT molecular complexity index is 1390. The molecule has 0 unspecified atom stereocenters. The Balaban J connectivity index is 1.40. The highest BCUT2D eigenvalue weighted by atomic mass is 35.5. The molecule has 1 aliphatic rings. The van der Waals surface area contributed by atoms with Crippen molar-refractivity contribution >= 4 is 39.9 Å². The van der Waals surface area contributed by atoms with E-state index in [-0.39, 0.29) is 6.03 Å². The summed E-state index contributed by atoms with van der Waals surface area (Å²) in [5.41, 5.74) is 3.25. The molecule has 5 rings (SSSR count). The van der Waals surface area contributed by atoms with E-state index in [0.29, 0.717) is 51.3 Å². The van der Waals surface area contributed by atoms with Gasteiger partial charge in [-0.05, 0) is 66.9 Å². The van der Waals surface area contributed by atoms with E-state index in [1.54, 1.807) is 55.5 Å². The summed E-state index contributed by atoms with van der Waals surface area (Å²) in [4.78, 5) is 23.4. The Morgan fingerprint density at radius 2 is 1.77 bits per heavy atom. The Labute approximate surface area is 207 Å². The first kappa shape index (κ1) is 22.7. The lowest BCUT2D eigenvalue weighted by Gasteiger charge is -2.30. The van der Waals surface area contributed by atoms with Crippen molar-refractivity contribution in [2.45, 2.75) is 12.8 Å². The number of aryl methyl sites for hydroxylation is 1. The van der Waals surface area contributed by atoms with Crippen molar-refractivity contribution in [1.82, 2.24) is 9.97 Å². The molecule has 35 heavy (non-hydrogen) atoms. The van der Waals surface area contributed by atoms with Crippen LogP contribution in [-0.2, 0) is 6.42 Å². The minimum Gasteiger partial charge on any atom is -0.493 e. The summed E-state index contributed by atoms with van der Waals surface area (Å²) in [6.07, 6.45) is 3.13. The van der Waals surface area contributed by atoms with Crippen LogP contribution in [0.4, 0.5) is 16.2 Å². The fourth-order valence-electron chi connectivity index (χ4n) is 4.12. The van der Waals surface area contributed by atoms with Crippen LogP contribution >= 0.6 is 11.6 Å². The summed E-state index contributed by atoms with van der Waals surface area (Å²) in [7, 11) is 3.15. The van der Waals surface area contributed by atoms with Gasteiger partial charge in [0.25, 0.3) is 0 Å². The summed E-state index contributed by atoms with van der Waals surface area (Å²) in [5.74, 6) is 2.17. The van der Waals surface area contributed by atoms with E-state index >= 15 is 0 Å². The predicted molar refractivity (Wildman–Crippen MR) is 135 cm³/mol. The zero-order valence-corrected chi connectivity index (χ0v) is 20.0. The molecular formula is C26H23ClN4O4. The maximum atomic E-state index is 13.0. The third-order valence-corrected chi connectivity index (χ3v) is 6.08. The van der Waals surface area contributed by atoms with Gasteiger partial charge >= 0.3 is 6.03 Å². The van der Waals surface area contributed by atoms with Crippen LogP contribution < -0.4 is 24.4 Å². The molecular weight excluding hydrogens is 468 g/mol. The molecule has 0 saturated heterocycles. The Morgan fingerprint density at radius 3 is 2.54 bits per heavy atom. The minimum atomic E-state index is -0.190. The second-order valence-corrected chi connectivity index (χ2v) is 8.42. The lowest BCUT2D eigenvalue weighted by atomic mass is 10.0. The zero-order chi connectivity index (χ0) is 24.4. The van der Waals surface area contributed by atoms with E-state index in [9.17, 15) is 4.79 Å². The van der Waals surface area contributed by atoms with Gasteiger partial charge in [0.1, 0.15) is 12.1 Å². The molecule has 0 bridgehead atoms. The van der Waals surface area contributed by atoms with Gasteiger partial charge in [0.05, 0.1) is 25.1 Å². The van der Waals surface area contributed by atoms with Gasteiger partial charge in [0.2, 0.25) is 5.88 Å². The number of ether oxygens (including phenoxy) is 3. The number of carbonyl (C=O) groups is 1. The van der Waals surface area contributed by atoms with E-state index < -0.39 is 0 Å². The van der Waals surface area contributed by atoms with Crippen molar-refractivity contribution in [3.63, 3.8) is 0 Å². The van der Waals surface area contributed by atoms with Gasteiger partial charge in [0, 0.05) is 29.0 Å². The number of benzene rings is 3. The fraction of sp³-hybridized carbons (Fsp3) is 0.192. The second kappa shape index (κ2) is 9.68. The minimum absolute atomic E-state index is 0.190. The van der Waals surface area contributed by atoms with Crippen molar-refractivity contribution in [1.29, 1.82) is 0 Å². The molecule has 0 aliphatic carbocycles. The van der Waals surface area contributed by atoms with Crippen molar-refractivity contribution in [2.24, 2.45) is 0 Å². The number of nitrogens with zero attached hydrogens (tertiary/aromatic N) is 3. The smallest absolute Gasteiger partial charge is 0.326 e. The number of halogens is 1. The number of amides is 2. The number of fused-ring (bicyclic) bond motifs is 2. The van der Waals surface area contributed by atoms with Crippen LogP contribution in [0.3, 0.4) is 0 Å². The monoisotopic (exact) mass is 490 g/mol. The van der Waals surface area contributed by atoms with Gasteiger partial charge in [-0.15, -0.1) is 0 Å². The van der Waals surface area contributed by atoms with Gasteiger partial charge < -0.3 is 19.5 Å². The number of methoxy groups -OCH3 is 2. The van der Waals surface area contributed by atoms with Crippen LogP contribution in [0.2, 0.25) is 5.02 Å². The van der Waals surface area contributed by atoms with Gasteiger partial charge in [-0.25, -0.2) is 14.8 Å². The van der Waals surface area contributed by atoms with Crippen LogP contribution in [-0.4, -0.2) is 36.8 Å². The second-order valence-electron chi connectivity index (χ2n) is 7.99. The quantitative estimate of drug-likeness (QED) is 0.365. The van der Waals surface area contributed by atoms with Crippen LogP contribution in [0.25, 0.3) is 10.9 Å². The SMILES string of the molecule is COc1cc2ncnc(Oc3ccc4c(c3)CCCN4C(=O)Nc3ccc(Cl)cc3)c2cc1OC. The van der Waals surface area contributed by atoms with E-state index in [1.807, 2.05) is 18.2 Å². The van der Waals surface area contributed by atoms with Crippen LogP contribution in [0.5, 0.6) is 23.1 Å². The molecule has 0 atom stereocenters. The van der Waals surface area contributed by atoms with E-state index in [1.165, 1.54) is 6.33 Å². The third kappa shape index (κ3) is 4.65. The first-order valence-corrected chi connectivity index (χ1v) is 11.4. The van der Waals surface area contributed by atoms with E-state index in [2.05, 4.69) is 15.3 Å². The largest absolute Gasteiger partial charge is 0.493 e. The number of anilines is 2. The number of rotatable bonds is 5. The fourth-order valence-corrected chi connectivity index (χ4v) is 4.25. The van der Waals surface area contributed by atoms with Crippen LogP contribution in [0.15, 0.2) is 60.9 Å². The van der Waals surface area contributed by atoms with Crippen molar-refractivity contribution < 1.29 is 19.0 Å². The maximum Gasteiger partial charge on any atom is 0.326 e. The lowest BCUT2D eigenvalue weighted by Crippen LogP contribution is -2.38. The zero-order valence-electron chi connectivity index (χ0n) is 19.2. The first-order valence-electron chi connectivity index (χ1n) is 11.1. The number of urea groups is 1. The Hall–Kier alpha value is -4.04. The topological polar surface area (TPSA) is 85.8 Å². The molecule has 8 nitrogen and oxygen atoms in total. The number of aromatic nitrogens is 2. The van der Waals surface area contributed by atoms with Gasteiger partial charge in [-0.1, -0.05) is 11.6 Å². The Morgan fingerprint density at radius 1 is 1.00 bits per heavy atom. The van der Waals surface area contributed by atoms with Crippen molar-refractivity contribution in [2.75, 3.05) is 31.0 Å². The molecule has 0 spiro atoms. The summed E-state index contributed by atoms with van der Waals surface area (Å²) in [6, 6.07) is 16.1. The summed E-state index contributed by atoms with van der Waals surface area (Å²) >= 11 is 5.94. The van der Waals surface area contributed by atoms with E-state index in [0.717, 1.165) is 24.1 Å². The molecule has 9 heteroatoms. The molecule has 3 aromatic carbocycles. The average Bonchev–Trinajstić information content (AvgIpc) is 2.88. The molecule has 1 N–H and O–H groups in total. The molecule has 178 valence electrons. The number of hydrogen-bond acceptors (Lipinski definition) is 6. The molecule has 0 fully saturated rings. The standard InChI is InChI=1S/C26H23ClN4O4/c1-33-23-13-20-21(14-24(23)34-2)28-15-29-25(20)35-19-9-10-22-16(12-19)4-3-11-31(22)26(32)30-18-7-5-17(27)6-8-18/h5-10,12-15H,3-4,11H2,1-2H3,(H,30,32). The average molecular weight is 491 g/mol. The van der Waals surface area contributed by atoms with E-state index in [4.69, 9.17) is 25.8 Å².